The van der Waals surface area contributed by atoms with Crippen molar-refractivity contribution in [2.45, 2.75) is 26.8 Å². The van der Waals surface area contributed by atoms with E-state index in [-0.39, 0.29) is 6.04 Å². The third-order valence-corrected chi connectivity index (χ3v) is 3.43. The molecule has 0 saturated carbocycles. The molecule has 0 aliphatic rings. The van der Waals surface area contributed by atoms with Crippen LogP contribution < -0.4 is 14.8 Å². The molecule has 1 N–H and O–H groups in total. The fraction of sp³-hybridized carbons (Fsp3) is 0.400. The van der Waals surface area contributed by atoms with E-state index in [0.29, 0.717) is 13.2 Å². The van der Waals surface area contributed by atoms with Gasteiger partial charge in [0.2, 0.25) is 0 Å². The van der Waals surface area contributed by atoms with E-state index in [1.807, 2.05) is 42.9 Å². The number of ether oxygens (including phenoxy) is 2. The van der Waals surface area contributed by atoms with E-state index < -0.39 is 0 Å². The molecule has 0 bridgehead atoms. The third kappa shape index (κ3) is 3.63. The molecule has 1 aromatic heterocycles. The lowest BCUT2D eigenvalue weighted by atomic mass is 10.2. The van der Waals surface area contributed by atoms with Crippen LogP contribution in [0.1, 0.15) is 32.5 Å². The molecule has 1 unspecified atom stereocenters. The Bertz CT molecular complexity index is 529. The van der Waals surface area contributed by atoms with Gasteiger partial charge in [-0.1, -0.05) is 0 Å². The SMILES string of the molecule is CCOc1ccc(OCC)c(NC(C)c2cscn2)c1. The molecule has 0 aliphatic carbocycles. The van der Waals surface area contributed by atoms with Crippen LogP contribution in [0.2, 0.25) is 0 Å². The van der Waals surface area contributed by atoms with Gasteiger partial charge in [0, 0.05) is 11.4 Å². The van der Waals surface area contributed by atoms with Crippen LogP contribution in [-0.4, -0.2) is 18.2 Å². The molecule has 2 rings (SSSR count). The first kappa shape index (κ1) is 14.7. The largest absolute Gasteiger partial charge is 0.494 e. The lowest BCUT2D eigenvalue weighted by Gasteiger charge is -2.18. The summed E-state index contributed by atoms with van der Waals surface area (Å²) in [6, 6.07) is 5.95. The van der Waals surface area contributed by atoms with Gasteiger partial charge in [-0.2, -0.15) is 0 Å². The Labute approximate surface area is 123 Å². The van der Waals surface area contributed by atoms with Gasteiger partial charge in [-0.15, -0.1) is 11.3 Å². The first-order chi connectivity index (χ1) is 9.74. The van der Waals surface area contributed by atoms with Gasteiger partial charge in [0.25, 0.3) is 0 Å². The van der Waals surface area contributed by atoms with E-state index >= 15 is 0 Å². The molecule has 0 amide bonds. The van der Waals surface area contributed by atoms with Crippen molar-refractivity contribution in [1.29, 1.82) is 0 Å². The Balaban J connectivity index is 2.20. The van der Waals surface area contributed by atoms with Crippen LogP contribution in [0.15, 0.2) is 29.1 Å². The second kappa shape index (κ2) is 7.14. The van der Waals surface area contributed by atoms with Crippen molar-refractivity contribution < 1.29 is 9.47 Å². The second-order valence-electron chi connectivity index (χ2n) is 4.30. The molecule has 4 nitrogen and oxygen atoms in total. The van der Waals surface area contributed by atoms with Crippen LogP contribution in [0.4, 0.5) is 5.69 Å². The highest BCUT2D eigenvalue weighted by molar-refractivity contribution is 7.07. The summed E-state index contributed by atoms with van der Waals surface area (Å²) in [5.74, 6) is 1.67. The molecule has 1 heterocycles. The van der Waals surface area contributed by atoms with Crippen molar-refractivity contribution in [3.63, 3.8) is 0 Å². The zero-order chi connectivity index (χ0) is 14.4. The Morgan fingerprint density at radius 2 is 2.05 bits per heavy atom. The molecule has 0 aliphatic heterocycles. The average molecular weight is 292 g/mol. The maximum absolute atomic E-state index is 5.65. The summed E-state index contributed by atoms with van der Waals surface area (Å²) in [6.45, 7) is 7.31. The monoisotopic (exact) mass is 292 g/mol. The zero-order valence-corrected chi connectivity index (χ0v) is 12.9. The number of nitrogens with one attached hydrogen (secondary N) is 1. The highest BCUT2D eigenvalue weighted by Gasteiger charge is 2.12. The molecule has 5 heteroatoms. The maximum Gasteiger partial charge on any atom is 0.142 e. The molecule has 0 saturated heterocycles. The molecular weight excluding hydrogens is 272 g/mol. The Morgan fingerprint density at radius 3 is 2.70 bits per heavy atom. The second-order valence-corrected chi connectivity index (χ2v) is 5.02. The summed E-state index contributed by atoms with van der Waals surface area (Å²) in [4.78, 5) is 4.33. The fourth-order valence-corrected chi connectivity index (χ4v) is 2.55. The summed E-state index contributed by atoms with van der Waals surface area (Å²) in [7, 11) is 0. The highest BCUT2D eigenvalue weighted by Crippen LogP contribution is 2.32. The minimum Gasteiger partial charge on any atom is -0.494 e. The smallest absolute Gasteiger partial charge is 0.142 e. The molecule has 20 heavy (non-hydrogen) atoms. The van der Waals surface area contributed by atoms with Gasteiger partial charge in [-0.3, -0.25) is 0 Å². The molecule has 0 spiro atoms. The van der Waals surface area contributed by atoms with Crippen molar-refractivity contribution in [2.75, 3.05) is 18.5 Å². The van der Waals surface area contributed by atoms with E-state index in [0.717, 1.165) is 22.9 Å². The summed E-state index contributed by atoms with van der Waals surface area (Å²) in [5, 5.41) is 5.48. The normalized spacial score (nSPS) is 11.9. The lowest BCUT2D eigenvalue weighted by Crippen LogP contribution is -2.09. The standard InChI is InChI=1S/C15H20N2O2S/c1-4-18-12-6-7-15(19-5-2)13(8-12)17-11(3)14-9-20-10-16-14/h6-11,17H,4-5H2,1-3H3. The van der Waals surface area contributed by atoms with Crippen LogP contribution in [0.25, 0.3) is 0 Å². The summed E-state index contributed by atoms with van der Waals surface area (Å²) in [5.41, 5.74) is 3.80. The number of thiazole rings is 1. The van der Waals surface area contributed by atoms with Crippen molar-refractivity contribution in [2.24, 2.45) is 0 Å². The van der Waals surface area contributed by atoms with Gasteiger partial charge in [-0.05, 0) is 32.9 Å². The average Bonchev–Trinajstić information content (AvgIpc) is 2.96. The molecule has 108 valence electrons. The number of rotatable bonds is 7. The van der Waals surface area contributed by atoms with Gasteiger partial charge in [-0.25, -0.2) is 4.98 Å². The first-order valence-corrected chi connectivity index (χ1v) is 7.73. The van der Waals surface area contributed by atoms with E-state index in [2.05, 4.69) is 17.2 Å². The highest BCUT2D eigenvalue weighted by atomic mass is 32.1. The Kier molecular flexibility index (Phi) is 5.24. The molecular formula is C15H20N2O2S. The van der Waals surface area contributed by atoms with Crippen LogP contribution in [0.5, 0.6) is 11.5 Å². The van der Waals surface area contributed by atoms with Gasteiger partial charge >= 0.3 is 0 Å². The van der Waals surface area contributed by atoms with Crippen LogP contribution in [0.3, 0.4) is 0 Å². The van der Waals surface area contributed by atoms with E-state index in [1.165, 1.54) is 0 Å². The predicted molar refractivity (Wildman–Crippen MR) is 82.9 cm³/mol. The van der Waals surface area contributed by atoms with Crippen LogP contribution >= 0.6 is 11.3 Å². The summed E-state index contributed by atoms with van der Waals surface area (Å²) < 4.78 is 11.2. The fourth-order valence-electron chi connectivity index (χ4n) is 1.90. The summed E-state index contributed by atoms with van der Waals surface area (Å²) >= 11 is 1.60. The Hall–Kier alpha value is -1.75. The van der Waals surface area contributed by atoms with Gasteiger partial charge in [0.15, 0.2) is 0 Å². The van der Waals surface area contributed by atoms with Gasteiger partial charge in [0.05, 0.1) is 36.1 Å². The Morgan fingerprint density at radius 1 is 1.25 bits per heavy atom. The quantitative estimate of drug-likeness (QED) is 0.834. The summed E-state index contributed by atoms with van der Waals surface area (Å²) in [6.07, 6.45) is 0. The molecule has 1 aromatic carbocycles. The van der Waals surface area contributed by atoms with Gasteiger partial charge < -0.3 is 14.8 Å². The van der Waals surface area contributed by atoms with E-state index in [9.17, 15) is 0 Å². The zero-order valence-electron chi connectivity index (χ0n) is 12.1. The molecule has 0 radical (unpaired) electrons. The number of nitrogens with zero attached hydrogens (tertiary/aromatic N) is 1. The van der Waals surface area contributed by atoms with E-state index in [1.54, 1.807) is 11.3 Å². The first-order valence-electron chi connectivity index (χ1n) is 6.78. The number of hydrogen-bond acceptors (Lipinski definition) is 5. The molecule has 1 atom stereocenters. The van der Waals surface area contributed by atoms with Crippen LogP contribution in [-0.2, 0) is 0 Å². The van der Waals surface area contributed by atoms with Crippen molar-refractivity contribution in [3.05, 3.63) is 34.8 Å². The van der Waals surface area contributed by atoms with Gasteiger partial charge in [0.1, 0.15) is 11.5 Å². The van der Waals surface area contributed by atoms with Crippen molar-refractivity contribution in [3.8, 4) is 11.5 Å². The molecule has 0 fully saturated rings. The number of hydrogen-bond donors (Lipinski definition) is 1. The number of benzene rings is 1. The topological polar surface area (TPSA) is 43.4 Å². The van der Waals surface area contributed by atoms with Crippen LogP contribution in [0, 0.1) is 0 Å². The lowest BCUT2D eigenvalue weighted by molar-refractivity contribution is 0.331. The predicted octanol–water partition coefficient (Wildman–Crippen LogP) is 4.11. The number of anilines is 1. The van der Waals surface area contributed by atoms with Crippen molar-refractivity contribution in [1.82, 2.24) is 4.98 Å². The maximum atomic E-state index is 5.65. The van der Waals surface area contributed by atoms with E-state index in [4.69, 9.17) is 9.47 Å². The minimum atomic E-state index is 0.123. The molecule has 2 aromatic rings. The number of aromatic nitrogens is 1. The van der Waals surface area contributed by atoms with Crippen molar-refractivity contribution >= 4 is 17.0 Å². The minimum absolute atomic E-state index is 0.123. The third-order valence-electron chi connectivity index (χ3n) is 2.83.